The minimum atomic E-state index is 0.370. The highest BCUT2D eigenvalue weighted by Gasteiger charge is 2.17. The maximum Gasteiger partial charge on any atom is 0.171 e. The summed E-state index contributed by atoms with van der Waals surface area (Å²) in [7, 11) is 0. The Hall–Kier alpha value is -3.33. The molecule has 7 nitrogen and oxygen atoms in total. The van der Waals surface area contributed by atoms with Gasteiger partial charge in [0.1, 0.15) is 31.4 Å². The van der Waals surface area contributed by atoms with Gasteiger partial charge < -0.3 is 28.4 Å². The fourth-order valence-electron chi connectivity index (χ4n) is 3.66. The molecule has 182 valence electrons. The van der Waals surface area contributed by atoms with E-state index in [-0.39, 0.29) is 0 Å². The Balaban J connectivity index is 1.31. The van der Waals surface area contributed by atoms with Gasteiger partial charge in [-0.25, -0.2) is 4.98 Å². The Kier molecular flexibility index (Phi) is 7.95. The lowest BCUT2D eigenvalue weighted by atomic mass is 10.2. The van der Waals surface area contributed by atoms with E-state index in [2.05, 4.69) is 6.07 Å². The van der Waals surface area contributed by atoms with Crippen LogP contribution >= 0.6 is 11.3 Å². The van der Waals surface area contributed by atoms with E-state index in [1.54, 1.807) is 11.3 Å². The van der Waals surface area contributed by atoms with E-state index < -0.39 is 0 Å². The minimum Gasteiger partial charge on any atom is -0.487 e. The molecule has 4 aromatic rings. The first-order chi connectivity index (χ1) is 17.4. The topological polar surface area (TPSA) is 68.3 Å². The van der Waals surface area contributed by atoms with E-state index in [9.17, 15) is 0 Å². The quantitative estimate of drug-likeness (QED) is 0.360. The second-order valence-corrected chi connectivity index (χ2v) is 8.72. The number of hydrogen-bond acceptors (Lipinski definition) is 8. The monoisotopic (exact) mass is 493 g/mol. The standard InChI is InChI=1S/C27H27NO6S/c1-4-11-25-21(7-1)28-27(35-25)20-6-5-10-24-26(20)34-19-15-30-13-17-32-23-9-3-2-8-22(23)31-16-12-29-14-18-33-24/h1-11H,12-19H2. The van der Waals surface area contributed by atoms with Crippen LogP contribution in [0, 0.1) is 0 Å². The summed E-state index contributed by atoms with van der Waals surface area (Å²) >= 11 is 1.63. The average Bonchev–Trinajstić information content (AvgIpc) is 3.32. The zero-order chi connectivity index (χ0) is 23.7. The molecule has 3 aromatic carbocycles. The number of benzene rings is 3. The lowest BCUT2D eigenvalue weighted by Gasteiger charge is -2.17. The number of thiazole rings is 1. The highest BCUT2D eigenvalue weighted by atomic mass is 32.1. The second-order valence-electron chi connectivity index (χ2n) is 7.68. The summed E-state index contributed by atoms with van der Waals surface area (Å²) in [6, 6.07) is 21.5. The van der Waals surface area contributed by atoms with Crippen LogP contribution < -0.4 is 18.9 Å². The predicted octanol–water partition coefficient (Wildman–Crippen LogP) is 5.23. The van der Waals surface area contributed by atoms with Crippen LogP contribution in [-0.2, 0) is 9.47 Å². The molecule has 0 aliphatic carbocycles. The Bertz CT molecular complexity index is 1210. The van der Waals surface area contributed by atoms with Crippen LogP contribution in [0.5, 0.6) is 23.0 Å². The fourth-order valence-corrected chi connectivity index (χ4v) is 4.65. The van der Waals surface area contributed by atoms with Crippen molar-refractivity contribution in [3.63, 3.8) is 0 Å². The van der Waals surface area contributed by atoms with Gasteiger partial charge in [0.25, 0.3) is 0 Å². The molecule has 0 spiro atoms. The van der Waals surface area contributed by atoms with Gasteiger partial charge in [-0.2, -0.15) is 0 Å². The Labute approximate surface area is 208 Å². The van der Waals surface area contributed by atoms with Crippen LogP contribution in [0.4, 0.5) is 0 Å². The average molecular weight is 494 g/mol. The van der Waals surface area contributed by atoms with Crippen molar-refractivity contribution in [2.24, 2.45) is 0 Å². The zero-order valence-electron chi connectivity index (χ0n) is 19.3. The van der Waals surface area contributed by atoms with Gasteiger partial charge in [-0.1, -0.05) is 30.3 Å². The van der Waals surface area contributed by atoms with E-state index in [1.165, 1.54) is 0 Å². The first kappa shape index (κ1) is 23.4. The second kappa shape index (κ2) is 11.9. The molecule has 0 saturated heterocycles. The molecule has 1 aromatic heterocycles. The van der Waals surface area contributed by atoms with E-state index in [1.807, 2.05) is 60.7 Å². The molecule has 0 bridgehead atoms. The molecule has 35 heavy (non-hydrogen) atoms. The van der Waals surface area contributed by atoms with Gasteiger partial charge in [0.15, 0.2) is 23.0 Å². The molecule has 0 amide bonds. The Morgan fingerprint density at radius 1 is 0.543 bits per heavy atom. The van der Waals surface area contributed by atoms with E-state index in [4.69, 9.17) is 33.4 Å². The van der Waals surface area contributed by atoms with Crippen molar-refractivity contribution in [2.75, 3.05) is 52.9 Å². The van der Waals surface area contributed by atoms with Crippen molar-refractivity contribution in [3.8, 4) is 33.6 Å². The highest BCUT2D eigenvalue weighted by molar-refractivity contribution is 7.21. The molecule has 2 heterocycles. The fraction of sp³-hybridized carbons (Fsp3) is 0.296. The van der Waals surface area contributed by atoms with Gasteiger partial charge in [0, 0.05) is 0 Å². The van der Waals surface area contributed by atoms with Gasteiger partial charge >= 0.3 is 0 Å². The molecule has 0 saturated carbocycles. The van der Waals surface area contributed by atoms with E-state index >= 15 is 0 Å². The number of rotatable bonds is 1. The smallest absolute Gasteiger partial charge is 0.171 e. The number of nitrogens with zero attached hydrogens (tertiary/aromatic N) is 1. The van der Waals surface area contributed by atoms with Crippen molar-refractivity contribution in [3.05, 3.63) is 66.7 Å². The molecule has 1 aliphatic rings. The third-order valence-corrected chi connectivity index (χ3v) is 6.35. The third-order valence-electron chi connectivity index (χ3n) is 5.28. The number of fused-ring (bicyclic) bond motifs is 3. The number of hydrogen-bond donors (Lipinski definition) is 0. The molecule has 0 atom stereocenters. The molecule has 8 heteroatoms. The van der Waals surface area contributed by atoms with E-state index in [0.717, 1.165) is 20.8 Å². The van der Waals surface area contributed by atoms with Gasteiger partial charge in [-0.15, -0.1) is 11.3 Å². The highest BCUT2D eigenvalue weighted by Crippen LogP contribution is 2.41. The third kappa shape index (κ3) is 6.03. The molecule has 0 N–H and O–H groups in total. The van der Waals surface area contributed by atoms with Gasteiger partial charge in [-0.05, 0) is 36.4 Å². The zero-order valence-corrected chi connectivity index (χ0v) is 20.1. The largest absolute Gasteiger partial charge is 0.487 e. The van der Waals surface area contributed by atoms with Crippen LogP contribution in [0.25, 0.3) is 20.8 Å². The normalized spacial score (nSPS) is 15.8. The molecule has 5 rings (SSSR count). The summed E-state index contributed by atoms with van der Waals surface area (Å²) in [4.78, 5) is 4.81. The molecule has 0 unspecified atom stereocenters. The van der Waals surface area contributed by atoms with E-state index in [0.29, 0.717) is 75.9 Å². The molecular weight excluding hydrogens is 466 g/mol. The lowest BCUT2D eigenvalue weighted by molar-refractivity contribution is 0.0641. The number of ether oxygens (including phenoxy) is 6. The summed E-state index contributed by atoms with van der Waals surface area (Å²) in [6.45, 7) is 3.30. The molecule has 0 fully saturated rings. The summed E-state index contributed by atoms with van der Waals surface area (Å²) in [6.07, 6.45) is 0. The predicted molar refractivity (Wildman–Crippen MR) is 135 cm³/mol. The van der Waals surface area contributed by atoms with Crippen molar-refractivity contribution >= 4 is 21.6 Å². The first-order valence-corrected chi connectivity index (χ1v) is 12.4. The Morgan fingerprint density at radius 3 is 1.80 bits per heavy atom. The molecular formula is C27H27NO6S. The number of para-hydroxylation sites is 4. The van der Waals surface area contributed by atoms with Crippen molar-refractivity contribution in [2.45, 2.75) is 0 Å². The van der Waals surface area contributed by atoms with Crippen LogP contribution in [-0.4, -0.2) is 57.8 Å². The Morgan fingerprint density at radius 2 is 1.11 bits per heavy atom. The molecule has 0 radical (unpaired) electrons. The maximum atomic E-state index is 6.19. The summed E-state index contributed by atoms with van der Waals surface area (Å²) in [5.41, 5.74) is 1.86. The summed E-state index contributed by atoms with van der Waals surface area (Å²) < 4.78 is 36.5. The van der Waals surface area contributed by atoms with Crippen molar-refractivity contribution < 1.29 is 28.4 Å². The summed E-state index contributed by atoms with van der Waals surface area (Å²) in [5, 5.41) is 0.884. The van der Waals surface area contributed by atoms with Crippen LogP contribution in [0.1, 0.15) is 0 Å². The molecule has 1 aliphatic heterocycles. The minimum absolute atomic E-state index is 0.370. The van der Waals surface area contributed by atoms with Gasteiger partial charge in [0.2, 0.25) is 0 Å². The van der Waals surface area contributed by atoms with Crippen molar-refractivity contribution in [1.29, 1.82) is 0 Å². The first-order valence-electron chi connectivity index (χ1n) is 11.6. The van der Waals surface area contributed by atoms with Crippen molar-refractivity contribution in [1.82, 2.24) is 4.98 Å². The van der Waals surface area contributed by atoms with Gasteiger partial charge in [-0.3, -0.25) is 0 Å². The maximum absolute atomic E-state index is 6.19. The lowest BCUT2D eigenvalue weighted by Crippen LogP contribution is -2.15. The summed E-state index contributed by atoms with van der Waals surface area (Å²) in [5.74, 6) is 2.68. The van der Waals surface area contributed by atoms with Crippen LogP contribution in [0.15, 0.2) is 66.7 Å². The number of aromatic nitrogens is 1. The van der Waals surface area contributed by atoms with Crippen LogP contribution in [0.2, 0.25) is 0 Å². The van der Waals surface area contributed by atoms with Crippen LogP contribution in [0.3, 0.4) is 0 Å². The van der Waals surface area contributed by atoms with Gasteiger partial charge in [0.05, 0.1) is 42.2 Å². The SMILES string of the molecule is c1ccc2c(c1)OCCOCCOc1cccc(-c3nc4ccccc4s3)c1OCCOCCO2.